The van der Waals surface area contributed by atoms with Gasteiger partial charge in [0.25, 0.3) is 0 Å². The first-order valence-corrected chi connectivity index (χ1v) is 7.60. The number of hydrogen-bond donors (Lipinski definition) is 0. The summed E-state index contributed by atoms with van der Waals surface area (Å²) in [6, 6.07) is 10.3. The lowest BCUT2D eigenvalue weighted by Gasteiger charge is -2.28. The molecular weight excluding hydrogens is 232 g/mol. The summed E-state index contributed by atoms with van der Waals surface area (Å²) < 4.78 is 6.11. The molecule has 1 aromatic rings. The highest BCUT2D eigenvalue weighted by Gasteiger charge is 2.28. The molecule has 0 unspecified atom stereocenters. The van der Waals surface area contributed by atoms with Gasteiger partial charge in [-0.15, -0.1) is 0 Å². The summed E-state index contributed by atoms with van der Waals surface area (Å²) >= 11 is 0. The third-order valence-corrected chi connectivity index (χ3v) is 4.12. The van der Waals surface area contributed by atoms with Crippen LogP contribution in [0.2, 0.25) is 0 Å². The lowest BCUT2D eigenvalue weighted by molar-refractivity contribution is 0.00102. The zero-order chi connectivity index (χ0) is 12.9. The van der Waals surface area contributed by atoms with Gasteiger partial charge in [-0.3, -0.25) is 0 Å². The van der Waals surface area contributed by atoms with Crippen molar-refractivity contribution in [1.29, 1.82) is 0 Å². The van der Waals surface area contributed by atoms with Crippen molar-refractivity contribution in [3.63, 3.8) is 0 Å². The van der Waals surface area contributed by atoms with E-state index >= 15 is 0 Å². The van der Waals surface area contributed by atoms with Gasteiger partial charge in [-0.2, -0.15) is 0 Å². The standard InChI is InChI=1S/C18H22O/c1-2-6-15(7-3-1)12-13-17-8-4-5-9-18(17)19-14-16-10-11-16/h1-3,6-7,16-18H,4-5,8-11,14H2/t17-,18+/m0/s1. The molecule has 0 bridgehead atoms. The molecule has 1 heteroatoms. The van der Waals surface area contributed by atoms with Gasteiger partial charge in [0.2, 0.25) is 0 Å². The molecule has 0 amide bonds. The molecule has 0 radical (unpaired) electrons. The Morgan fingerprint density at radius 1 is 1.00 bits per heavy atom. The molecule has 3 rings (SSSR count). The SMILES string of the molecule is C(#C[C@@H]1CCCC[C@H]1OCC1CC1)c1ccccc1. The third kappa shape index (κ3) is 3.85. The van der Waals surface area contributed by atoms with E-state index in [1.165, 1.54) is 38.5 Å². The van der Waals surface area contributed by atoms with Crippen molar-refractivity contribution in [2.45, 2.75) is 44.6 Å². The fourth-order valence-electron chi connectivity index (χ4n) is 2.70. The molecule has 0 N–H and O–H groups in total. The van der Waals surface area contributed by atoms with E-state index in [2.05, 4.69) is 24.0 Å². The van der Waals surface area contributed by atoms with Crippen molar-refractivity contribution in [3.05, 3.63) is 35.9 Å². The number of ether oxygens (including phenoxy) is 1. The summed E-state index contributed by atoms with van der Waals surface area (Å²) in [5.74, 6) is 8.06. The van der Waals surface area contributed by atoms with Crippen LogP contribution in [0, 0.1) is 23.7 Å². The highest BCUT2D eigenvalue weighted by Crippen LogP contribution is 2.32. The Morgan fingerprint density at radius 3 is 2.58 bits per heavy atom. The number of hydrogen-bond acceptors (Lipinski definition) is 1. The molecule has 0 aliphatic heterocycles. The quantitative estimate of drug-likeness (QED) is 0.740. The van der Waals surface area contributed by atoms with E-state index in [4.69, 9.17) is 4.74 Å². The van der Waals surface area contributed by atoms with E-state index < -0.39 is 0 Å². The molecule has 2 atom stereocenters. The minimum absolute atomic E-state index is 0.380. The van der Waals surface area contributed by atoms with Crippen molar-refractivity contribution in [2.24, 2.45) is 11.8 Å². The van der Waals surface area contributed by atoms with E-state index in [0.29, 0.717) is 12.0 Å². The van der Waals surface area contributed by atoms with Gasteiger partial charge in [0.05, 0.1) is 6.10 Å². The van der Waals surface area contributed by atoms with Crippen molar-refractivity contribution < 1.29 is 4.74 Å². The maximum atomic E-state index is 6.11. The molecule has 0 heterocycles. The minimum Gasteiger partial charge on any atom is -0.377 e. The molecule has 2 saturated carbocycles. The van der Waals surface area contributed by atoms with Crippen LogP contribution in [-0.4, -0.2) is 12.7 Å². The summed E-state index contributed by atoms with van der Waals surface area (Å²) in [6.07, 6.45) is 8.12. The summed E-state index contributed by atoms with van der Waals surface area (Å²) in [7, 11) is 0. The molecule has 2 aliphatic rings. The Labute approximate surface area is 116 Å². The first-order valence-electron chi connectivity index (χ1n) is 7.60. The minimum atomic E-state index is 0.380. The van der Waals surface area contributed by atoms with E-state index in [9.17, 15) is 0 Å². The van der Waals surface area contributed by atoms with Gasteiger partial charge in [-0.25, -0.2) is 0 Å². The molecule has 0 saturated heterocycles. The second-order valence-corrected chi connectivity index (χ2v) is 5.84. The summed E-state index contributed by atoms with van der Waals surface area (Å²) in [5, 5.41) is 0. The van der Waals surface area contributed by atoms with Crippen LogP contribution in [0.25, 0.3) is 0 Å². The zero-order valence-electron chi connectivity index (χ0n) is 11.5. The van der Waals surface area contributed by atoms with Crippen LogP contribution in [0.3, 0.4) is 0 Å². The molecule has 100 valence electrons. The fourth-order valence-corrected chi connectivity index (χ4v) is 2.70. The fraction of sp³-hybridized carbons (Fsp3) is 0.556. The van der Waals surface area contributed by atoms with E-state index in [0.717, 1.165) is 18.1 Å². The molecule has 1 nitrogen and oxygen atoms in total. The molecule has 19 heavy (non-hydrogen) atoms. The van der Waals surface area contributed by atoms with Crippen LogP contribution in [0.5, 0.6) is 0 Å². The van der Waals surface area contributed by atoms with Crippen LogP contribution >= 0.6 is 0 Å². The average Bonchev–Trinajstić information content (AvgIpc) is 3.29. The van der Waals surface area contributed by atoms with Crippen molar-refractivity contribution in [3.8, 4) is 11.8 Å². The summed E-state index contributed by atoms with van der Waals surface area (Å²) in [6.45, 7) is 0.966. The van der Waals surface area contributed by atoms with Gasteiger partial charge in [0, 0.05) is 18.1 Å². The maximum Gasteiger partial charge on any atom is 0.0712 e. The molecule has 1 aromatic carbocycles. The van der Waals surface area contributed by atoms with Gasteiger partial charge in [0.1, 0.15) is 0 Å². The Bertz CT molecular complexity index is 450. The van der Waals surface area contributed by atoms with Crippen LogP contribution in [0.1, 0.15) is 44.1 Å². The molecule has 0 spiro atoms. The molecule has 0 aromatic heterocycles. The highest BCUT2D eigenvalue weighted by atomic mass is 16.5. The topological polar surface area (TPSA) is 9.23 Å². The van der Waals surface area contributed by atoms with Crippen molar-refractivity contribution in [1.82, 2.24) is 0 Å². The third-order valence-electron chi connectivity index (χ3n) is 4.12. The van der Waals surface area contributed by atoms with Gasteiger partial charge >= 0.3 is 0 Å². The number of benzene rings is 1. The normalized spacial score (nSPS) is 26.5. The first kappa shape index (κ1) is 12.8. The number of rotatable bonds is 3. The Morgan fingerprint density at radius 2 is 1.79 bits per heavy atom. The monoisotopic (exact) mass is 254 g/mol. The van der Waals surface area contributed by atoms with Crippen LogP contribution in [-0.2, 0) is 4.74 Å². The van der Waals surface area contributed by atoms with E-state index in [-0.39, 0.29) is 0 Å². The zero-order valence-corrected chi connectivity index (χ0v) is 11.5. The average molecular weight is 254 g/mol. The van der Waals surface area contributed by atoms with Gasteiger partial charge in [-0.05, 0) is 43.7 Å². The highest BCUT2D eigenvalue weighted by molar-refractivity contribution is 5.34. The van der Waals surface area contributed by atoms with E-state index in [1.54, 1.807) is 0 Å². The molecule has 2 fully saturated rings. The Balaban J connectivity index is 1.61. The van der Waals surface area contributed by atoms with Crippen molar-refractivity contribution >= 4 is 0 Å². The lowest BCUT2D eigenvalue weighted by Crippen LogP contribution is -2.27. The largest absolute Gasteiger partial charge is 0.377 e. The maximum absolute atomic E-state index is 6.11. The van der Waals surface area contributed by atoms with Gasteiger partial charge in [-0.1, -0.05) is 42.9 Å². The molecule has 2 aliphatic carbocycles. The van der Waals surface area contributed by atoms with Gasteiger partial charge < -0.3 is 4.74 Å². The predicted molar refractivity (Wildman–Crippen MR) is 77.7 cm³/mol. The molecular formula is C18H22O. The van der Waals surface area contributed by atoms with Crippen LogP contribution in [0.4, 0.5) is 0 Å². The summed E-state index contributed by atoms with van der Waals surface area (Å²) in [5.41, 5.74) is 1.12. The smallest absolute Gasteiger partial charge is 0.0712 e. The lowest BCUT2D eigenvalue weighted by atomic mass is 9.86. The Kier molecular flexibility index (Phi) is 4.20. The van der Waals surface area contributed by atoms with Crippen LogP contribution < -0.4 is 0 Å². The van der Waals surface area contributed by atoms with Gasteiger partial charge in [0.15, 0.2) is 0 Å². The van der Waals surface area contributed by atoms with Crippen LogP contribution in [0.15, 0.2) is 30.3 Å². The second kappa shape index (κ2) is 6.26. The van der Waals surface area contributed by atoms with E-state index in [1.807, 2.05) is 18.2 Å². The second-order valence-electron chi connectivity index (χ2n) is 5.84. The Hall–Kier alpha value is -1.26. The summed E-state index contributed by atoms with van der Waals surface area (Å²) in [4.78, 5) is 0. The van der Waals surface area contributed by atoms with Crippen molar-refractivity contribution in [2.75, 3.05) is 6.61 Å². The predicted octanol–water partition coefficient (Wildman–Crippen LogP) is 4.02. The first-order chi connectivity index (χ1) is 9.42.